The SMILES string of the molecule is O=C(O)COc1ccc(Br)cc1C(=O)N(F)Cc1ccc(Br)cc1. The quantitative estimate of drug-likeness (QED) is 0.656. The summed E-state index contributed by atoms with van der Waals surface area (Å²) in [6.45, 7) is -0.863. The first-order chi connectivity index (χ1) is 11.4. The van der Waals surface area contributed by atoms with E-state index in [2.05, 4.69) is 31.9 Å². The molecule has 2 aromatic carbocycles. The van der Waals surface area contributed by atoms with Gasteiger partial charge < -0.3 is 9.84 Å². The molecule has 0 aliphatic carbocycles. The monoisotopic (exact) mass is 459 g/mol. The molecule has 0 unspecified atom stereocenters. The number of carbonyl (C=O) groups is 2. The van der Waals surface area contributed by atoms with Crippen LogP contribution >= 0.6 is 31.9 Å². The number of carboxylic acids is 1. The first-order valence-corrected chi connectivity index (χ1v) is 8.31. The molecule has 2 aromatic rings. The fourth-order valence-corrected chi connectivity index (χ4v) is 2.51. The van der Waals surface area contributed by atoms with E-state index in [9.17, 15) is 14.1 Å². The standard InChI is InChI=1S/C16H12Br2FNO4/c17-11-3-1-10(2-4-11)8-20(19)16(23)13-7-12(18)5-6-14(13)24-9-15(21)22/h1-7H,8-9H2,(H,21,22). The second-order valence-corrected chi connectivity index (χ2v) is 6.61. The predicted octanol–water partition coefficient (Wildman–Crippen LogP) is 4.20. The number of benzene rings is 2. The highest BCUT2D eigenvalue weighted by atomic mass is 79.9. The van der Waals surface area contributed by atoms with Crippen LogP contribution in [0.1, 0.15) is 15.9 Å². The van der Waals surface area contributed by atoms with E-state index in [1.54, 1.807) is 30.3 Å². The molecule has 24 heavy (non-hydrogen) atoms. The molecule has 1 N–H and O–H groups in total. The third-order valence-electron chi connectivity index (χ3n) is 2.98. The lowest BCUT2D eigenvalue weighted by molar-refractivity contribution is -0.139. The van der Waals surface area contributed by atoms with Crippen molar-refractivity contribution >= 4 is 43.7 Å². The van der Waals surface area contributed by atoms with Crippen LogP contribution in [0.5, 0.6) is 5.75 Å². The van der Waals surface area contributed by atoms with Gasteiger partial charge >= 0.3 is 5.97 Å². The molecule has 8 heteroatoms. The summed E-state index contributed by atoms with van der Waals surface area (Å²) in [6.07, 6.45) is 0. The minimum Gasteiger partial charge on any atom is -0.481 e. The van der Waals surface area contributed by atoms with Crippen LogP contribution in [0.4, 0.5) is 4.48 Å². The van der Waals surface area contributed by atoms with E-state index in [-0.39, 0.29) is 23.0 Å². The Kier molecular flexibility index (Phi) is 6.33. The zero-order valence-electron chi connectivity index (χ0n) is 12.2. The number of amides is 1. The Hall–Kier alpha value is -1.93. The van der Waals surface area contributed by atoms with Crippen LogP contribution in [0.2, 0.25) is 0 Å². The molecule has 0 fully saturated rings. The summed E-state index contributed by atoms with van der Waals surface area (Å²) in [6, 6.07) is 11.2. The lowest BCUT2D eigenvalue weighted by Crippen LogP contribution is -2.23. The number of hydrogen-bond acceptors (Lipinski definition) is 3. The summed E-state index contributed by atoms with van der Waals surface area (Å²) in [4.78, 5) is 22.9. The van der Waals surface area contributed by atoms with Gasteiger partial charge in [-0.15, -0.1) is 0 Å². The second kappa shape index (κ2) is 8.25. The van der Waals surface area contributed by atoms with Gasteiger partial charge in [-0.3, -0.25) is 4.79 Å². The molecule has 1 amide bonds. The average molecular weight is 461 g/mol. The molecule has 0 spiro atoms. The average Bonchev–Trinajstić information content (AvgIpc) is 2.55. The Bertz CT molecular complexity index is 752. The molecular formula is C16H12Br2FNO4. The maximum atomic E-state index is 14.3. The molecule has 0 heterocycles. The van der Waals surface area contributed by atoms with E-state index in [1.807, 2.05) is 0 Å². The first-order valence-electron chi connectivity index (χ1n) is 6.73. The van der Waals surface area contributed by atoms with Crippen molar-refractivity contribution in [1.82, 2.24) is 5.12 Å². The Morgan fingerprint density at radius 1 is 1.08 bits per heavy atom. The van der Waals surface area contributed by atoms with E-state index < -0.39 is 18.5 Å². The summed E-state index contributed by atoms with van der Waals surface area (Å²) in [7, 11) is 0. The van der Waals surface area contributed by atoms with Crippen LogP contribution in [0.25, 0.3) is 0 Å². The van der Waals surface area contributed by atoms with Gasteiger partial charge in [-0.1, -0.05) is 48.5 Å². The van der Waals surface area contributed by atoms with Crippen LogP contribution in [0.3, 0.4) is 0 Å². The van der Waals surface area contributed by atoms with E-state index >= 15 is 0 Å². The highest BCUT2D eigenvalue weighted by Gasteiger charge is 2.21. The fraction of sp³-hybridized carbons (Fsp3) is 0.125. The maximum absolute atomic E-state index is 14.3. The third-order valence-corrected chi connectivity index (χ3v) is 4.00. The lowest BCUT2D eigenvalue weighted by Gasteiger charge is -2.15. The van der Waals surface area contributed by atoms with Crippen molar-refractivity contribution in [3.63, 3.8) is 0 Å². The minimum atomic E-state index is -1.19. The van der Waals surface area contributed by atoms with Crippen molar-refractivity contribution in [2.75, 3.05) is 6.61 Å². The highest BCUT2D eigenvalue weighted by molar-refractivity contribution is 9.10. The van der Waals surface area contributed by atoms with Crippen molar-refractivity contribution < 1.29 is 23.9 Å². The maximum Gasteiger partial charge on any atom is 0.341 e. The number of aliphatic carboxylic acids is 1. The van der Waals surface area contributed by atoms with Crippen LogP contribution in [0.15, 0.2) is 51.4 Å². The van der Waals surface area contributed by atoms with E-state index in [4.69, 9.17) is 9.84 Å². The second-order valence-electron chi connectivity index (χ2n) is 4.77. The topological polar surface area (TPSA) is 66.8 Å². The zero-order valence-corrected chi connectivity index (χ0v) is 15.4. The predicted molar refractivity (Wildman–Crippen MR) is 92.4 cm³/mol. The van der Waals surface area contributed by atoms with Crippen molar-refractivity contribution in [1.29, 1.82) is 0 Å². The highest BCUT2D eigenvalue weighted by Crippen LogP contribution is 2.25. The number of halogens is 3. The Labute approximate surface area is 154 Å². The van der Waals surface area contributed by atoms with Crippen molar-refractivity contribution in [3.8, 4) is 5.75 Å². The van der Waals surface area contributed by atoms with Gasteiger partial charge in [0, 0.05) is 8.95 Å². The van der Waals surface area contributed by atoms with Gasteiger partial charge in [0.15, 0.2) is 6.61 Å². The van der Waals surface area contributed by atoms with E-state index in [0.717, 1.165) is 4.47 Å². The summed E-state index contributed by atoms with van der Waals surface area (Å²) in [5, 5.41) is 8.73. The Morgan fingerprint density at radius 3 is 2.33 bits per heavy atom. The van der Waals surface area contributed by atoms with Crippen molar-refractivity contribution in [2.24, 2.45) is 0 Å². The molecule has 0 saturated carbocycles. The number of carboxylic acid groups (broad SMARTS) is 1. The molecule has 0 aliphatic heterocycles. The fourth-order valence-electron chi connectivity index (χ4n) is 1.89. The molecule has 0 saturated heterocycles. The van der Waals surface area contributed by atoms with Crippen molar-refractivity contribution in [3.05, 3.63) is 62.5 Å². The summed E-state index contributed by atoms with van der Waals surface area (Å²) >= 11 is 6.48. The number of rotatable bonds is 6. The molecule has 126 valence electrons. The van der Waals surface area contributed by atoms with Gasteiger partial charge in [0.05, 0.1) is 12.1 Å². The molecule has 2 rings (SSSR count). The van der Waals surface area contributed by atoms with Crippen LogP contribution in [0, 0.1) is 0 Å². The van der Waals surface area contributed by atoms with Gasteiger partial charge in [0.1, 0.15) is 5.75 Å². The molecule has 0 radical (unpaired) electrons. The molecule has 0 aromatic heterocycles. The van der Waals surface area contributed by atoms with Gasteiger partial charge in [-0.05, 0) is 35.9 Å². The number of ether oxygens (including phenoxy) is 1. The zero-order chi connectivity index (χ0) is 17.7. The normalized spacial score (nSPS) is 10.3. The molecule has 0 aliphatic rings. The molecule has 0 atom stereocenters. The molecule has 5 nitrogen and oxygen atoms in total. The van der Waals surface area contributed by atoms with Gasteiger partial charge in [0.2, 0.25) is 0 Å². The summed E-state index contributed by atoms with van der Waals surface area (Å²) in [5.41, 5.74) is 0.544. The third kappa shape index (κ3) is 5.04. The van der Waals surface area contributed by atoms with E-state index in [1.165, 1.54) is 12.1 Å². The summed E-state index contributed by atoms with van der Waals surface area (Å²) < 4.78 is 20.7. The lowest BCUT2D eigenvalue weighted by atomic mass is 10.1. The van der Waals surface area contributed by atoms with Crippen molar-refractivity contribution in [2.45, 2.75) is 6.54 Å². The Morgan fingerprint density at radius 2 is 1.71 bits per heavy atom. The van der Waals surface area contributed by atoms with Gasteiger partial charge in [-0.2, -0.15) is 5.12 Å². The molecular weight excluding hydrogens is 449 g/mol. The molecule has 0 bridgehead atoms. The van der Waals surface area contributed by atoms with Crippen LogP contribution in [-0.4, -0.2) is 28.7 Å². The summed E-state index contributed by atoms with van der Waals surface area (Å²) in [5.74, 6) is -2.10. The largest absolute Gasteiger partial charge is 0.481 e. The van der Waals surface area contributed by atoms with Crippen LogP contribution < -0.4 is 4.74 Å². The number of nitrogens with zero attached hydrogens (tertiary/aromatic N) is 1. The first kappa shape index (κ1) is 18.4. The van der Waals surface area contributed by atoms with E-state index in [0.29, 0.717) is 10.0 Å². The Balaban J connectivity index is 2.19. The van der Waals surface area contributed by atoms with Gasteiger partial charge in [0.25, 0.3) is 5.91 Å². The van der Waals surface area contributed by atoms with Crippen LogP contribution in [-0.2, 0) is 11.3 Å². The number of hydrogen-bond donors (Lipinski definition) is 1. The van der Waals surface area contributed by atoms with Gasteiger partial charge in [-0.25, -0.2) is 4.79 Å². The minimum absolute atomic E-state index is 0.00376. The number of carbonyl (C=O) groups excluding carboxylic acids is 1. The smallest absolute Gasteiger partial charge is 0.341 e.